The number of hydrogen-bond acceptors (Lipinski definition) is 4. The Balaban J connectivity index is 0.000000305. The third kappa shape index (κ3) is 8.24. The molecule has 1 aromatic rings. The van der Waals surface area contributed by atoms with Crippen LogP contribution in [0.25, 0.3) is 0 Å². The highest BCUT2D eigenvalue weighted by Crippen LogP contribution is 2.47. The molecule has 1 saturated heterocycles. The molecule has 1 aromatic carbocycles. The van der Waals surface area contributed by atoms with Crippen molar-refractivity contribution in [2.75, 3.05) is 18.4 Å². The summed E-state index contributed by atoms with van der Waals surface area (Å²) in [6.07, 6.45) is -8.12. The number of fused-ring (bicyclic) bond motifs is 1. The van der Waals surface area contributed by atoms with Crippen LogP contribution in [-0.2, 0) is 16.0 Å². The van der Waals surface area contributed by atoms with Gasteiger partial charge in [-0.2, -0.15) is 26.3 Å². The highest BCUT2D eigenvalue weighted by Gasteiger charge is 2.58. The monoisotopic (exact) mass is 473 g/mol. The SMILES string of the molecule is CCc1cccc(NC(=O)N2CC3CC3(N)C2)c1.O=C(O)C(F)(F)F.O=C(O)C(F)(F)F. The zero-order valence-corrected chi connectivity index (χ0v) is 16.6. The van der Waals surface area contributed by atoms with E-state index < -0.39 is 24.3 Å². The summed E-state index contributed by atoms with van der Waals surface area (Å²) in [6.45, 7) is 3.60. The molecule has 32 heavy (non-hydrogen) atoms. The number of halogens is 6. The predicted molar refractivity (Wildman–Crippen MR) is 98.8 cm³/mol. The van der Waals surface area contributed by atoms with Gasteiger partial charge in [0.05, 0.1) is 0 Å². The first-order valence-corrected chi connectivity index (χ1v) is 9.03. The van der Waals surface area contributed by atoms with E-state index in [0.29, 0.717) is 12.5 Å². The number of nitrogens with two attached hydrogens (primary N) is 1. The van der Waals surface area contributed by atoms with Crippen LogP contribution in [0.15, 0.2) is 24.3 Å². The second kappa shape index (κ2) is 10.1. The van der Waals surface area contributed by atoms with Crippen molar-refractivity contribution in [3.8, 4) is 0 Å². The molecule has 2 atom stereocenters. The molecular formula is C18H21F6N3O5. The molecule has 2 fully saturated rings. The standard InChI is InChI=1S/C14H19N3O.2C2HF3O2/c1-2-10-4-3-5-12(6-10)16-13(18)17-8-11-7-14(11,15)9-17;2*3-2(4,5)1(6)7/h3-6,11H,2,7-9,15H2,1H3,(H,16,18);2*(H,6,7). The minimum atomic E-state index is -5.08. The van der Waals surface area contributed by atoms with Gasteiger partial charge < -0.3 is 26.2 Å². The van der Waals surface area contributed by atoms with Crippen molar-refractivity contribution >= 4 is 23.7 Å². The number of carboxylic acids is 2. The summed E-state index contributed by atoms with van der Waals surface area (Å²) < 4.78 is 63.5. The first kappa shape index (κ1) is 27.0. The Hall–Kier alpha value is -3.03. The van der Waals surface area contributed by atoms with Gasteiger partial charge in [-0.05, 0) is 36.5 Å². The molecule has 2 unspecified atom stereocenters. The summed E-state index contributed by atoms with van der Waals surface area (Å²) >= 11 is 0. The fourth-order valence-corrected chi connectivity index (χ4v) is 2.75. The molecule has 14 heteroatoms. The van der Waals surface area contributed by atoms with Crippen LogP contribution >= 0.6 is 0 Å². The van der Waals surface area contributed by atoms with Crippen molar-refractivity contribution in [3.63, 3.8) is 0 Å². The number of amides is 2. The van der Waals surface area contributed by atoms with Gasteiger partial charge in [0.1, 0.15) is 0 Å². The number of carbonyl (C=O) groups excluding carboxylic acids is 1. The van der Waals surface area contributed by atoms with Crippen molar-refractivity contribution in [3.05, 3.63) is 29.8 Å². The van der Waals surface area contributed by atoms with Crippen LogP contribution in [0.2, 0.25) is 0 Å². The van der Waals surface area contributed by atoms with Crippen LogP contribution in [0.4, 0.5) is 36.8 Å². The lowest BCUT2D eigenvalue weighted by molar-refractivity contribution is -0.193. The number of alkyl halides is 6. The Kier molecular flexibility index (Phi) is 8.49. The minimum Gasteiger partial charge on any atom is -0.475 e. The van der Waals surface area contributed by atoms with Crippen LogP contribution < -0.4 is 11.1 Å². The number of aryl methyl sites for hydroxylation is 1. The zero-order valence-electron chi connectivity index (χ0n) is 16.6. The smallest absolute Gasteiger partial charge is 0.475 e. The molecule has 1 aliphatic heterocycles. The third-order valence-corrected chi connectivity index (χ3v) is 4.56. The molecule has 8 nitrogen and oxygen atoms in total. The van der Waals surface area contributed by atoms with E-state index in [4.69, 9.17) is 25.5 Å². The number of nitrogens with one attached hydrogen (secondary N) is 1. The van der Waals surface area contributed by atoms with E-state index in [9.17, 15) is 31.1 Å². The lowest BCUT2D eigenvalue weighted by Crippen LogP contribution is -2.39. The first-order chi connectivity index (χ1) is 14.5. The van der Waals surface area contributed by atoms with Crippen LogP contribution in [0.5, 0.6) is 0 Å². The number of rotatable bonds is 2. The molecule has 0 spiro atoms. The molecular weight excluding hydrogens is 452 g/mol. The van der Waals surface area contributed by atoms with Crippen molar-refractivity contribution in [1.29, 1.82) is 0 Å². The molecule has 5 N–H and O–H groups in total. The molecule has 180 valence electrons. The summed E-state index contributed by atoms with van der Waals surface area (Å²) in [5.74, 6) is -5.00. The number of nitrogens with zero attached hydrogens (tertiary/aromatic N) is 1. The fraction of sp³-hybridized carbons (Fsp3) is 0.500. The second-order valence-electron chi connectivity index (χ2n) is 7.10. The van der Waals surface area contributed by atoms with Gasteiger partial charge in [0.15, 0.2) is 0 Å². The normalized spacial score (nSPS) is 21.2. The van der Waals surface area contributed by atoms with Crippen LogP contribution in [0.1, 0.15) is 18.9 Å². The fourth-order valence-electron chi connectivity index (χ4n) is 2.75. The van der Waals surface area contributed by atoms with Gasteiger partial charge in [0.25, 0.3) is 0 Å². The van der Waals surface area contributed by atoms with Gasteiger partial charge in [0, 0.05) is 24.3 Å². The van der Waals surface area contributed by atoms with E-state index in [0.717, 1.165) is 25.1 Å². The number of aliphatic carboxylic acids is 2. The molecule has 3 rings (SSSR count). The molecule has 0 radical (unpaired) electrons. The average Bonchev–Trinajstić information content (AvgIpc) is 3.17. The maximum atomic E-state index is 12.1. The topological polar surface area (TPSA) is 133 Å². The Morgan fingerprint density at radius 1 is 1.12 bits per heavy atom. The molecule has 2 aliphatic rings. The summed E-state index contributed by atoms with van der Waals surface area (Å²) in [6, 6.07) is 7.95. The molecule has 1 heterocycles. The van der Waals surface area contributed by atoms with Crippen LogP contribution in [0, 0.1) is 5.92 Å². The maximum Gasteiger partial charge on any atom is 0.490 e. The summed E-state index contributed by atoms with van der Waals surface area (Å²) in [4.78, 5) is 31.7. The second-order valence-corrected chi connectivity index (χ2v) is 7.10. The van der Waals surface area contributed by atoms with E-state index >= 15 is 0 Å². The van der Waals surface area contributed by atoms with Crippen molar-refractivity contribution in [1.82, 2.24) is 4.90 Å². The first-order valence-electron chi connectivity index (χ1n) is 9.03. The number of likely N-dealkylation sites (tertiary alicyclic amines) is 1. The number of benzene rings is 1. The van der Waals surface area contributed by atoms with Crippen molar-refractivity contribution in [2.45, 2.75) is 37.7 Å². The van der Waals surface area contributed by atoms with E-state index in [1.54, 1.807) is 0 Å². The number of carbonyl (C=O) groups is 3. The van der Waals surface area contributed by atoms with E-state index in [2.05, 4.69) is 18.3 Å². The summed E-state index contributed by atoms with van der Waals surface area (Å²) in [7, 11) is 0. The molecule has 0 bridgehead atoms. The number of carboxylic acid groups (broad SMARTS) is 2. The number of urea groups is 1. The van der Waals surface area contributed by atoms with E-state index in [1.807, 2.05) is 23.1 Å². The highest BCUT2D eigenvalue weighted by atomic mass is 19.4. The molecule has 1 aliphatic carbocycles. The Bertz CT molecular complexity index is 821. The van der Waals surface area contributed by atoms with Gasteiger partial charge in [-0.15, -0.1) is 0 Å². The summed E-state index contributed by atoms with van der Waals surface area (Å²) in [5, 5.41) is 17.2. The number of piperidine rings is 1. The Morgan fingerprint density at radius 3 is 2.00 bits per heavy atom. The zero-order chi connectivity index (χ0) is 24.9. The average molecular weight is 473 g/mol. The quantitative estimate of drug-likeness (QED) is 0.488. The minimum absolute atomic E-state index is 0.0275. The van der Waals surface area contributed by atoms with Gasteiger partial charge >= 0.3 is 30.3 Å². The van der Waals surface area contributed by atoms with Crippen molar-refractivity contribution < 1.29 is 50.9 Å². The van der Waals surface area contributed by atoms with Crippen LogP contribution in [0.3, 0.4) is 0 Å². The van der Waals surface area contributed by atoms with Gasteiger partial charge in [-0.3, -0.25) is 0 Å². The van der Waals surface area contributed by atoms with Gasteiger partial charge in [-0.1, -0.05) is 19.1 Å². The van der Waals surface area contributed by atoms with Crippen molar-refractivity contribution in [2.24, 2.45) is 11.7 Å². The van der Waals surface area contributed by atoms with Gasteiger partial charge in [0.2, 0.25) is 0 Å². The molecule has 1 saturated carbocycles. The number of hydrogen-bond donors (Lipinski definition) is 4. The lowest BCUT2D eigenvalue weighted by Gasteiger charge is -2.20. The maximum absolute atomic E-state index is 12.1. The Morgan fingerprint density at radius 2 is 1.62 bits per heavy atom. The Labute approximate surface area is 178 Å². The predicted octanol–water partition coefficient (Wildman–Crippen LogP) is 3.08. The van der Waals surface area contributed by atoms with E-state index in [1.165, 1.54) is 5.56 Å². The lowest BCUT2D eigenvalue weighted by atomic mass is 10.1. The van der Waals surface area contributed by atoms with Crippen LogP contribution in [-0.4, -0.2) is 64.1 Å². The van der Waals surface area contributed by atoms with Gasteiger partial charge in [-0.25, -0.2) is 14.4 Å². The largest absolute Gasteiger partial charge is 0.490 e. The van der Waals surface area contributed by atoms with E-state index in [-0.39, 0.29) is 11.6 Å². The molecule has 0 aromatic heterocycles. The third-order valence-electron chi connectivity index (χ3n) is 4.56. The summed E-state index contributed by atoms with van der Waals surface area (Å²) in [5.41, 5.74) is 8.11. The highest BCUT2D eigenvalue weighted by molar-refractivity contribution is 5.90. The number of anilines is 1. The molecule has 2 amide bonds.